The molecular weight excluding hydrogens is 266 g/mol. The number of piperidine rings is 1. The number of aryl methyl sites for hydroxylation is 1. The Balaban J connectivity index is 2.25. The molecule has 6 nitrogen and oxygen atoms in total. The average molecular weight is 287 g/mol. The number of rotatable bonds is 1. The number of allylic oxidation sites excluding steroid dienone is 1. The number of H-pyrrole nitrogens is 1. The van der Waals surface area contributed by atoms with Gasteiger partial charge in [-0.2, -0.15) is 5.26 Å². The second kappa shape index (κ2) is 4.78. The molecule has 0 unspecified atom stereocenters. The first-order valence-electron chi connectivity index (χ1n) is 7.39. The number of nitriles is 1. The van der Waals surface area contributed by atoms with Crippen molar-refractivity contribution in [3.63, 3.8) is 0 Å². The highest BCUT2D eigenvalue weighted by molar-refractivity contribution is 5.55. The van der Waals surface area contributed by atoms with E-state index >= 15 is 0 Å². The van der Waals surface area contributed by atoms with Crippen molar-refractivity contribution in [1.82, 2.24) is 15.1 Å². The third-order valence-corrected chi connectivity index (χ3v) is 4.93. The maximum Gasteiger partial charge on any atom is 0.244 e. The minimum Gasteiger partial charge on any atom is -0.420 e. The lowest BCUT2D eigenvalue weighted by molar-refractivity contribution is 0.135. The van der Waals surface area contributed by atoms with Crippen LogP contribution in [-0.2, 0) is 11.8 Å². The standard InChI is InChI=1S/C15H21N5O/c1-4-11-12-14(19-18-11)21-13(17)10(7-16)15(12)5-6-20(3)8-9(15)2/h9H,4-6,8,17H2,1-3H3,(H,18,19)/t9-,15+/m1/s1. The molecule has 3 heterocycles. The van der Waals surface area contributed by atoms with E-state index in [4.69, 9.17) is 10.5 Å². The van der Waals surface area contributed by atoms with Crippen molar-refractivity contribution in [1.29, 1.82) is 5.26 Å². The van der Waals surface area contributed by atoms with Crippen LogP contribution >= 0.6 is 0 Å². The van der Waals surface area contributed by atoms with Crippen LogP contribution in [0.25, 0.3) is 0 Å². The molecule has 2 atom stereocenters. The Morgan fingerprint density at radius 1 is 1.62 bits per heavy atom. The van der Waals surface area contributed by atoms with Gasteiger partial charge in [-0.05, 0) is 32.4 Å². The predicted molar refractivity (Wildman–Crippen MR) is 78.4 cm³/mol. The van der Waals surface area contributed by atoms with Crippen LogP contribution in [0.5, 0.6) is 5.88 Å². The van der Waals surface area contributed by atoms with Gasteiger partial charge in [0.1, 0.15) is 11.6 Å². The maximum atomic E-state index is 9.68. The van der Waals surface area contributed by atoms with E-state index in [1.165, 1.54) is 0 Å². The summed E-state index contributed by atoms with van der Waals surface area (Å²) in [5, 5.41) is 17.0. The van der Waals surface area contributed by atoms with Crippen LogP contribution in [0.1, 0.15) is 31.5 Å². The van der Waals surface area contributed by atoms with Crippen molar-refractivity contribution in [3.05, 3.63) is 22.7 Å². The lowest BCUT2D eigenvalue weighted by atomic mass is 9.61. The number of hydrogen-bond donors (Lipinski definition) is 2. The zero-order valence-electron chi connectivity index (χ0n) is 12.7. The van der Waals surface area contributed by atoms with Gasteiger partial charge in [-0.25, -0.2) is 0 Å². The fourth-order valence-corrected chi connectivity index (χ4v) is 3.87. The monoisotopic (exact) mass is 287 g/mol. The van der Waals surface area contributed by atoms with Crippen LogP contribution in [-0.4, -0.2) is 35.2 Å². The van der Waals surface area contributed by atoms with E-state index in [0.717, 1.165) is 37.2 Å². The number of likely N-dealkylation sites (tertiary alicyclic amines) is 1. The minimum absolute atomic E-state index is 0.204. The Bertz CT molecular complexity index is 641. The molecule has 1 aromatic heterocycles. The summed E-state index contributed by atoms with van der Waals surface area (Å²) in [6.07, 6.45) is 1.69. The lowest BCUT2D eigenvalue weighted by Gasteiger charge is -2.47. The van der Waals surface area contributed by atoms with Crippen LogP contribution in [0, 0.1) is 17.2 Å². The predicted octanol–water partition coefficient (Wildman–Crippen LogP) is 1.27. The van der Waals surface area contributed by atoms with Gasteiger partial charge in [0.25, 0.3) is 0 Å². The van der Waals surface area contributed by atoms with Crippen molar-refractivity contribution in [2.75, 3.05) is 20.1 Å². The van der Waals surface area contributed by atoms with E-state index in [-0.39, 0.29) is 17.2 Å². The molecule has 3 rings (SSSR count). The highest BCUT2D eigenvalue weighted by Gasteiger charge is 2.52. The lowest BCUT2D eigenvalue weighted by Crippen LogP contribution is -2.51. The van der Waals surface area contributed by atoms with Gasteiger partial charge in [0, 0.05) is 23.2 Å². The van der Waals surface area contributed by atoms with Gasteiger partial charge in [-0.1, -0.05) is 13.8 Å². The zero-order chi connectivity index (χ0) is 15.2. The van der Waals surface area contributed by atoms with Gasteiger partial charge in [-0.3, -0.25) is 5.10 Å². The SMILES string of the molecule is CCc1[nH]nc2c1[C@]1(CCN(C)C[C@H]1C)C(C#N)=C(N)O2. The first-order chi connectivity index (χ1) is 10.0. The summed E-state index contributed by atoms with van der Waals surface area (Å²) >= 11 is 0. The number of fused-ring (bicyclic) bond motifs is 2. The first kappa shape index (κ1) is 14.0. The van der Waals surface area contributed by atoms with E-state index in [0.29, 0.717) is 11.5 Å². The Morgan fingerprint density at radius 2 is 2.38 bits per heavy atom. The molecule has 1 saturated heterocycles. The summed E-state index contributed by atoms with van der Waals surface area (Å²) in [5.74, 6) is 1.02. The van der Waals surface area contributed by atoms with Crippen molar-refractivity contribution in [3.8, 4) is 11.9 Å². The quantitative estimate of drug-likeness (QED) is 0.811. The molecule has 1 fully saturated rings. The highest BCUT2D eigenvalue weighted by atomic mass is 16.5. The first-order valence-corrected chi connectivity index (χ1v) is 7.39. The van der Waals surface area contributed by atoms with Gasteiger partial charge in [0.15, 0.2) is 0 Å². The maximum absolute atomic E-state index is 9.68. The minimum atomic E-state index is -0.378. The smallest absolute Gasteiger partial charge is 0.244 e. The van der Waals surface area contributed by atoms with Crippen LogP contribution < -0.4 is 10.5 Å². The van der Waals surface area contributed by atoms with E-state index in [9.17, 15) is 5.26 Å². The van der Waals surface area contributed by atoms with E-state index < -0.39 is 0 Å². The van der Waals surface area contributed by atoms with Crippen molar-refractivity contribution in [2.45, 2.75) is 32.1 Å². The molecule has 0 amide bonds. The summed E-state index contributed by atoms with van der Waals surface area (Å²) in [4.78, 5) is 2.29. The molecule has 6 heteroatoms. The van der Waals surface area contributed by atoms with Gasteiger partial charge < -0.3 is 15.4 Å². The van der Waals surface area contributed by atoms with E-state index in [1.54, 1.807) is 0 Å². The number of aromatic nitrogens is 2. The second-order valence-corrected chi connectivity index (χ2v) is 6.07. The number of nitrogens with two attached hydrogens (primary N) is 1. The molecule has 0 saturated carbocycles. The Kier molecular flexibility index (Phi) is 3.18. The molecule has 1 spiro atoms. The van der Waals surface area contributed by atoms with Crippen molar-refractivity contribution < 1.29 is 4.74 Å². The molecule has 0 aliphatic carbocycles. The molecule has 112 valence electrons. The average Bonchev–Trinajstić information content (AvgIpc) is 2.86. The van der Waals surface area contributed by atoms with Crippen molar-refractivity contribution >= 4 is 0 Å². The van der Waals surface area contributed by atoms with Gasteiger partial charge in [0.2, 0.25) is 11.8 Å². The van der Waals surface area contributed by atoms with Crippen LogP contribution in [0.15, 0.2) is 11.5 Å². The Labute approximate surface area is 124 Å². The highest BCUT2D eigenvalue weighted by Crippen LogP contribution is 2.52. The topological polar surface area (TPSA) is 91.0 Å². The third-order valence-electron chi connectivity index (χ3n) is 4.93. The van der Waals surface area contributed by atoms with Crippen LogP contribution in [0.2, 0.25) is 0 Å². The summed E-state index contributed by atoms with van der Waals surface area (Å²) in [5.41, 5.74) is 8.29. The fourth-order valence-electron chi connectivity index (χ4n) is 3.87. The number of nitrogens with one attached hydrogen (secondary N) is 1. The van der Waals surface area contributed by atoms with Crippen LogP contribution in [0.4, 0.5) is 0 Å². The normalized spacial score (nSPS) is 29.1. The largest absolute Gasteiger partial charge is 0.420 e. The Hall–Kier alpha value is -2.00. The van der Waals surface area contributed by atoms with Gasteiger partial charge >= 0.3 is 0 Å². The fraction of sp³-hybridized carbons (Fsp3) is 0.600. The zero-order valence-corrected chi connectivity index (χ0v) is 12.7. The number of nitrogens with zero attached hydrogens (tertiary/aromatic N) is 3. The molecule has 2 aliphatic heterocycles. The third kappa shape index (κ3) is 1.77. The van der Waals surface area contributed by atoms with E-state index in [1.807, 2.05) is 0 Å². The second-order valence-electron chi connectivity index (χ2n) is 6.07. The number of hydrogen-bond acceptors (Lipinski definition) is 5. The summed E-state index contributed by atoms with van der Waals surface area (Å²) < 4.78 is 5.60. The molecule has 2 aliphatic rings. The van der Waals surface area contributed by atoms with Crippen LogP contribution in [0.3, 0.4) is 0 Å². The molecule has 0 aromatic carbocycles. The number of aromatic amines is 1. The summed E-state index contributed by atoms with van der Waals surface area (Å²) in [7, 11) is 2.11. The Morgan fingerprint density at radius 3 is 3.00 bits per heavy atom. The summed E-state index contributed by atoms with van der Waals surface area (Å²) in [6, 6.07) is 2.31. The van der Waals surface area contributed by atoms with Crippen molar-refractivity contribution in [2.24, 2.45) is 11.7 Å². The number of ether oxygens (including phenoxy) is 1. The van der Waals surface area contributed by atoms with E-state index in [2.05, 4.69) is 42.1 Å². The molecule has 1 aromatic rings. The molecular formula is C15H21N5O. The molecule has 0 bridgehead atoms. The molecule has 21 heavy (non-hydrogen) atoms. The van der Waals surface area contributed by atoms with Gasteiger partial charge in [0.05, 0.1) is 0 Å². The summed E-state index contributed by atoms with van der Waals surface area (Å²) in [6.45, 7) is 6.11. The molecule has 3 N–H and O–H groups in total. The molecule has 0 radical (unpaired) electrons. The van der Waals surface area contributed by atoms with Gasteiger partial charge in [-0.15, -0.1) is 5.10 Å².